The second-order valence-electron chi connectivity index (χ2n) is 4.17. The number of phenolic OH excluding ortho intramolecular Hbond substituents is 2. The van der Waals surface area contributed by atoms with E-state index in [9.17, 15) is 9.90 Å². The van der Waals surface area contributed by atoms with Gasteiger partial charge in [-0.05, 0) is 30.3 Å². The predicted octanol–water partition coefficient (Wildman–Crippen LogP) is 1.87. The Morgan fingerprint density at radius 1 is 1.24 bits per heavy atom. The van der Waals surface area contributed by atoms with Gasteiger partial charge in [0.2, 0.25) is 0 Å². The number of amides is 1. The van der Waals surface area contributed by atoms with E-state index in [4.69, 9.17) is 9.84 Å². The number of carbonyl (C=O) groups excluding carboxylic acids is 1. The largest absolute Gasteiger partial charge is 0.508 e. The number of rotatable bonds is 4. The van der Waals surface area contributed by atoms with Gasteiger partial charge in [0.05, 0.1) is 13.3 Å². The third-order valence-electron chi connectivity index (χ3n) is 2.72. The number of hydrazone groups is 1. The van der Waals surface area contributed by atoms with Gasteiger partial charge in [-0.25, -0.2) is 5.43 Å². The third-order valence-corrected chi connectivity index (χ3v) is 2.72. The van der Waals surface area contributed by atoms with Crippen molar-refractivity contribution in [3.63, 3.8) is 0 Å². The molecule has 3 N–H and O–H groups in total. The summed E-state index contributed by atoms with van der Waals surface area (Å²) >= 11 is 0. The standard InChI is InChI=1S/C15H14N2O4/c1-21-13-4-2-3-10(7-13)15(20)17-16-9-11-5-6-12(18)8-14(11)19/h2-9,18-19H,1H3,(H,17,20)/b16-9+. The van der Waals surface area contributed by atoms with Gasteiger partial charge < -0.3 is 14.9 Å². The molecule has 2 rings (SSSR count). The SMILES string of the molecule is COc1cccc(C(=O)N/N=C/c2ccc(O)cc2O)c1. The summed E-state index contributed by atoms with van der Waals surface area (Å²) in [5.41, 5.74) is 3.12. The number of nitrogens with zero attached hydrogens (tertiary/aromatic N) is 1. The van der Waals surface area contributed by atoms with E-state index < -0.39 is 5.91 Å². The minimum Gasteiger partial charge on any atom is -0.508 e. The highest BCUT2D eigenvalue weighted by Gasteiger charge is 2.05. The number of hydrogen-bond acceptors (Lipinski definition) is 5. The fourth-order valence-electron chi connectivity index (χ4n) is 1.63. The Morgan fingerprint density at radius 3 is 2.76 bits per heavy atom. The van der Waals surface area contributed by atoms with Gasteiger partial charge in [-0.3, -0.25) is 4.79 Å². The Kier molecular flexibility index (Phi) is 4.40. The highest BCUT2D eigenvalue weighted by atomic mass is 16.5. The van der Waals surface area contributed by atoms with E-state index >= 15 is 0 Å². The summed E-state index contributed by atoms with van der Waals surface area (Å²) in [5.74, 6) is -0.00864. The number of aromatic hydroxyl groups is 2. The van der Waals surface area contributed by atoms with Gasteiger partial charge >= 0.3 is 0 Å². The molecule has 0 bridgehead atoms. The van der Waals surface area contributed by atoms with Gasteiger partial charge in [0, 0.05) is 17.2 Å². The number of methoxy groups -OCH3 is 1. The highest BCUT2D eigenvalue weighted by molar-refractivity contribution is 5.95. The molecule has 2 aromatic carbocycles. The molecule has 0 atom stereocenters. The summed E-state index contributed by atoms with van der Waals surface area (Å²) in [5, 5.41) is 22.5. The van der Waals surface area contributed by atoms with Crippen LogP contribution in [0.3, 0.4) is 0 Å². The van der Waals surface area contributed by atoms with Crippen LogP contribution >= 0.6 is 0 Å². The van der Waals surface area contributed by atoms with Crippen molar-refractivity contribution in [2.24, 2.45) is 5.10 Å². The first-order chi connectivity index (χ1) is 10.1. The molecule has 0 unspecified atom stereocenters. The van der Waals surface area contributed by atoms with Crippen molar-refractivity contribution in [3.8, 4) is 17.2 Å². The fraction of sp³-hybridized carbons (Fsp3) is 0.0667. The minimum atomic E-state index is -0.400. The number of benzene rings is 2. The lowest BCUT2D eigenvalue weighted by Crippen LogP contribution is -2.17. The van der Waals surface area contributed by atoms with Crippen molar-refractivity contribution < 1.29 is 19.7 Å². The quantitative estimate of drug-likeness (QED) is 0.591. The van der Waals surface area contributed by atoms with Crippen LogP contribution < -0.4 is 10.2 Å². The van der Waals surface area contributed by atoms with Crippen LogP contribution in [-0.4, -0.2) is 29.4 Å². The summed E-state index contributed by atoms with van der Waals surface area (Å²) in [7, 11) is 1.52. The number of ether oxygens (including phenoxy) is 1. The molecule has 6 heteroatoms. The zero-order valence-corrected chi connectivity index (χ0v) is 11.3. The molecule has 0 spiro atoms. The minimum absolute atomic E-state index is 0.0509. The van der Waals surface area contributed by atoms with E-state index in [1.165, 1.54) is 31.5 Å². The van der Waals surface area contributed by atoms with E-state index in [1.807, 2.05) is 0 Å². The maximum Gasteiger partial charge on any atom is 0.271 e. The van der Waals surface area contributed by atoms with Gasteiger partial charge in [-0.2, -0.15) is 5.10 Å². The monoisotopic (exact) mass is 286 g/mol. The smallest absolute Gasteiger partial charge is 0.271 e. The Balaban J connectivity index is 2.04. The molecule has 6 nitrogen and oxygen atoms in total. The van der Waals surface area contributed by atoms with Crippen LogP contribution in [0, 0.1) is 0 Å². The summed E-state index contributed by atoms with van der Waals surface area (Å²) in [6.07, 6.45) is 1.28. The van der Waals surface area contributed by atoms with Gasteiger partial charge in [-0.1, -0.05) is 6.07 Å². The second-order valence-corrected chi connectivity index (χ2v) is 4.17. The van der Waals surface area contributed by atoms with Gasteiger partial charge in [0.15, 0.2) is 0 Å². The maximum atomic E-state index is 11.9. The molecule has 0 aliphatic heterocycles. The maximum absolute atomic E-state index is 11.9. The first-order valence-electron chi connectivity index (χ1n) is 6.09. The molecule has 2 aromatic rings. The lowest BCUT2D eigenvalue weighted by atomic mass is 10.2. The van der Waals surface area contributed by atoms with Gasteiger partial charge in [0.25, 0.3) is 5.91 Å². The van der Waals surface area contributed by atoms with Crippen LogP contribution in [0.5, 0.6) is 17.2 Å². The van der Waals surface area contributed by atoms with Gasteiger partial charge in [-0.15, -0.1) is 0 Å². The summed E-state index contributed by atoms with van der Waals surface area (Å²) < 4.78 is 5.03. The molecule has 0 heterocycles. The van der Waals surface area contributed by atoms with E-state index in [2.05, 4.69) is 10.5 Å². The average molecular weight is 286 g/mol. The Bertz CT molecular complexity index is 683. The summed E-state index contributed by atoms with van der Waals surface area (Å²) in [6, 6.07) is 10.7. The second kappa shape index (κ2) is 6.42. The van der Waals surface area contributed by atoms with Crippen molar-refractivity contribution in [2.45, 2.75) is 0 Å². The molecular formula is C15H14N2O4. The number of phenols is 2. The van der Waals surface area contributed by atoms with E-state index in [0.717, 1.165) is 0 Å². The highest BCUT2D eigenvalue weighted by Crippen LogP contribution is 2.20. The van der Waals surface area contributed by atoms with Gasteiger partial charge in [0.1, 0.15) is 17.2 Å². The van der Waals surface area contributed by atoms with Crippen LogP contribution in [0.1, 0.15) is 15.9 Å². The predicted molar refractivity (Wildman–Crippen MR) is 77.8 cm³/mol. The lowest BCUT2D eigenvalue weighted by Gasteiger charge is -2.03. The van der Waals surface area contributed by atoms with Crippen molar-refractivity contribution in [2.75, 3.05) is 7.11 Å². The van der Waals surface area contributed by atoms with Crippen LogP contribution in [0.25, 0.3) is 0 Å². The Labute approximate surface area is 121 Å². The number of nitrogens with one attached hydrogen (secondary N) is 1. The Hall–Kier alpha value is -3.02. The molecule has 1 amide bonds. The Morgan fingerprint density at radius 2 is 2.05 bits per heavy atom. The van der Waals surface area contributed by atoms with Crippen LogP contribution in [0.15, 0.2) is 47.6 Å². The summed E-state index contributed by atoms with van der Waals surface area (Å²) in [6.45, 7) is 0. The van der Waals surface area contributed by atoms with Crippen molar-refractivity contribution in [1.82, 2.24) is 5.43 Å². The molecule has 0 fully saturated rings. The van der Waals surface area contributed by atoms with E-state index in [0.29, 0.717) is 16.9 Å². The number of carbonyl (C=O) groups is 1. The molecule has 0 saturated carbocycles. The van der Waals surface area contributed by atoms with Crippen molar-refractivity contribution in [3.05, 3.63) is 53.6 Å². The molecule has 0 radical (unpaired) electrons. The van der Waals surface area contributed by atoms with Crippen LogP contribution in [0.4, 0.5) is 0 Å². The fourth-order valence-corrected chi connectivity index (χ4v) is 1.63. The van der Waals surface area contributed by atoms with E-state index in [1.54, 1.807) is 24.3 Å². The summed E-state index contributed by atoms with van der Waals surface area (Å²) in [4.78, 5) is 11.9. The molecule has 0 aromatic heterocycles. The molecule has 0 aliphatic rings. The van der Waals surface area contributed by atoms with Crippen molar-refractivity contribution in [1.29, 1.82) is 0 Å². The number of hydrogen-bond donors (Lipinski definition) is 3. The van der Waals surface area contributed by atoms with Crippen LogP contribution in [0.2, 0.25) is 0 Å². The zero-order valence-electron chi connectivity index (χ0n) is 11.3. The first kappa shape index (κ1) is 14.4. The lowest BCUT2D eigenvalue weighted by molar-refractivity contribution is 0.0954. The topological polar surface area (TPSA) is 91.2 Å². The average Bonchev–Trinajstić information content (AvgIpc) is 2.49. The molecule has 108 valence electrons. The van der Waals surface area contributed by atoms with Crippen molar-refractivity contribution >= 4 is 12.1 Å². The van der Waals surface area contributed by atoms with Crippen LogP contribution in [-0.2, 0) is 0 Å². The normalized spacial score (nSPS) is 10.5. The molecule has 0 aliphatic carbocycles. The molecular weight excluding hydrogens is 272 g/mol. The third kappa shape index (κ3) is 3.73. The first-order valence-corrected chi connectivity index (χ1v) is 6.09. The van der Waals surface area contributed by atoms with E-state index in [-0.39, 0.29) is 11.5 Å². The molecule has 21 heavy (non-hydrogen) atoms. The zero-order chi connectivity index (χ0) is 15.2. The molecule has 0 saturated heterocycles.